The molecule has 0 bridgehead atoms. The van der Waals surface area contributed by atoms with Gasteiger partial charge in [0.1, 0.15) is 6.04 Å². The first kappa shape index (κ1) is 27.6. The second-order valence-corrected chi connectivity index (χ2v) is 9.83. The Morgan fingerprint density at radius 3 is 2.33 bits per heavy atom. The second kappa shape index (κ2) is 12.9. The lowest BCUT2D eigenvalue weighted by Crippen LogP contribution is -2.47. The van der Waals surface area contributed by atoms with Crippen molar-refractivity contribution in [3.05, 3.63) is 105 Å². The Morgan fingerprint density at radius 2 is 1.64 bits per heavy atom. The number of amides is 2. The van der Waals surface area contributed by atoms with E-state index in [0.717, 1.165) is 37.7 Å². The highest BCUT2D eigenvalue weighted by Crippen LogP contribution is 2.37. The van der Waals surface area contributed by atoms with Crippen LogP contribution < -0.4 is 10.2 Å². The largest absolute Gasteiger partial charge is 0.351 e. The molecule has 1 unspecified atom stereocenters. The number of carbonyl (C=O) groups excluding carboxylic acids is 3. The van der Waals surface area contributed by atoms with Crippen LogP contribution in [0.4, 0.5) is 11.4 Å². The van der Waals surface area contributed by atoms with Crippen molar-refractivity contribution in [2.45, 2.75) is 64.5 Å². The van der Waals surface area contributed by atoms with Gasteiger partial charge in [0, 0.05) is 34.2 Å². The van der Waals surface area contributed by atoms with Gasteiger partial charge in [-0.1, -0.05) is 85.4 Å². The number of nitrogens with one attached hydrogen (secondary N) is 1. The molecule has 0 saturated heterocycles. The van der Waals surface area contributed by atoms with Crippen molar-refractivity contribution in [1.29, 1.82) is 0 Å². The molecule has 1 aliphatic carbocycles. The molecule has 0 heterocycles. The van der Waals surface area contributed by atoms with Gasteiger partial charge in [0.25, 0.3) is 5.91 Å². The second-order valence-electron chi connectivity index (χ2n) is 9.83. The van der Waals surface area contributed by atoms with Crippen LogP contribution in [0, 0.1) is 6.92 Å². The number of benzene rings is 3. The number of hydrogen-bond donors (Lipinski definition) is 1. The zero-order valence-corrected chi connectivity index (χ0v) is 22.3. The van der Waals surface area contributed by atoms with Crippen LogP contribution in [0.5, 0.6) is 0 Å². The molecule has 0 radical (unpaired) electrons. The number of azide groups is 1. The van der Waals surface area contributed by atoms with E-state index >= 15 is 0 Å². The first-order valence-corrected chi connectivity index (χ1v) is 13.4. The molecule has 200 valence electrons. The Labute approximate surface area is 228 Å². The molecule has 3 aromatic carbocycles. The highest BCUT2D eigenvalue weighted by atomic mass is 16.2. The van der Waals surface area contributed by atoms with Gasteiger partial charge in [-0.3, -0.25) is 19.3 Å². The monoisotopic (exact) mass is 523 g/mol. The van der Waals surface area contributed by atoms with Crippen LogP contribution in [0.25, 0.3) is 10.4 Å². The predicted molar refractivity (Wildman–Crippen MR) is 152 cm³/mol. The summed E-state index contributed by atoms with van der Waals surface area (Å²) in [7, 11) is 0. The molecule has 8 nitrogen and oxygen atoms in total. The van der Waals surface area contributed by atoms with Gasteiger partial charge in [-0.2, -0.15) is 0 Å². The number of Topliss-reactive ketones (excluding diaryl/α,β-unsaturated/α-hetero) is 1. The molecular weight excluding hydrogens is 490 g/mol. The molecule has 0 spiro atoms. The van der Waals surface area contributed by atoms with E-state index in [2.05, 4.69) is 15.3 Å². The van der Waals surface area contributed by atoms with Gasteiger partial charge in [0.15, 0.2) is 5.78 Å². The van der Waals surface area contributed by atoms with Crippen molar-refractivity contribution < 1.29 is 14.4 Å². The van der Waals surface area contributed by atoms with Crippen LogP contribution in [0.15, 0.2) is 77.9 Å². The lowest BCUT2D eigenvalue weighted by molar-refractivity contribution is -0.123. The van der Waals surface area contributed by atoms with Crippen LogP contribution in [0.2, 0.25) is 0 Å². The van der Waals surface area contributed by atoms with Crippen LogP contribution in [0.3, 0.4) is 0 Å². The molecule has 1 atom stereocenters. The molecule has 39 heavy (non-hydrogen) atoms. The molecule has 0 aromatic heterocycles. The molecule has 1 fully saturated rings. The lowest BCUT2D eigenvalue weighted by atomic mass is 9.93. The van der Waals surface area contributed by atoms with Gasteiger partial charge in [0.2, 0.25) is 5.91 Å². The quantitative estimate of drug-likeness (QED) is 0.137. The number of nitrogens with zero attached hydrogens (tertiary/aromatic N) is 4. The van der Waals surface area contributed by atoms with Crippen molar-refractivity contribution >= 4 is 29.0 Å². The van der Waals surface area contributed by atoms with Crippen LogP contribution in [0.1, 0.15) is 83.3 Å². The van der Waals surface area contributed by atoms with Gasteiger partial charge >= 0.3 is 0 Å². The first-order valence-electron chi connectivity index (χ1n) is 13.4. The maximum absolute atomic E-state index is 14.3. The van der Waals surface area contributed by atoms with Crippen molar-refractivity contribution in [3.63, 3.8) is 0 Å². The molecule has 8 heteroatoms. The number of anilines is 1. The van der Waals surface area contributed by atoms with Crippen molar-refractivity contribution in [2.75, 3.05) is 4.90 Å². The molecule has 0 aliphatic heterocycles. The summed E-state index contributed by atoms with van der Waals surface area (Å²) in [5.41, 5.74) is 11.9. The van der Waals surface area contributed by atoms with E-state index in [1.807, 2.05) is 19.1 Å². The SMILES string of the molecule is CCC(=O)c1ccccc1N(C(=O)c1ccc(C)cc1)C(C(=O)NC1CCCCC1)c1ccccc1N=[N+]=[N-]. The Morgan fingerprint density at radius 1 is 0.974 bits per heavy atom. The normalized spacial score (nSPS) is 14.1. The van der Waals surface area contributed by atoms with E-state index < -0.39 is 11.9 Å². The molecular formula is C31H33N5O3. The maximum atomic E-state index is 14.3. The maximum Gasteiger partial charge on any atom is 0.259 e. The molecule has 3 aromatic rings. The topological polar surface area (TPSA) is 115 Å². The van der Waals surface area contributed by atoms with E-state index in [1.165, 1.54) is 4.90 Å². The van der Waals surface area contributed by atoms with Crippen LogP contribution in [-0.4, -0.2) is 23.6 Å². The Hall–Kier alpha value is -4.42. The Kier molecular flexibility index (Phi) is 9.13. The molecule has 1 saturated carbocycles. The van der Waals surface area contributed by atoms with Gasteiger partial charge in [-0.25, -0.2) is 0 Å². The molecule has 1 N–H and O–H groups in total. The van der Waals surface area contributed by atoms with Crippen LogP contribution >= 0.6 is 0 Å². The minimum absolute atomic E-state index is 0.0239. The fourth-order valence-electron chi connectivity index (χ4n) is 5.09. The molecule has 1 aliphatic rings. The molecule has 4 rings (SSSR count). The number of rotatable bonds is 9. The van der Waals surface area contributed by atoms with Crippen LogP contribution in [-0.2, 0) is 4.79 Å². The van der Waals surface area contributed by atoms with E-state index in [0.29, 0.717) is 22.4 Å². The smallest absolute Gasteiger partial charge is 0.259 e. The number of hydrogen-bond acceptors (Lipinski definition) is 4. The van der Waals surface area contributed by atoms with Crippen molar-refractivity contribution in [2.24, 2.45) is 5.11 Å². The third-order valence-corrected chi connectivity index (χ3v) is 7.14. The summed E-state index contributed by atoms with van der Waals surface area (Å²) in [6.45, 7) is 3.69. The third kappa shape index (κ3) is 6.36. The lowest BCUT2D eigenvalue weighted by Gasteiger charge is -2.35. The number of carbonyl (C=O) groups is 3. The summed E-state index contributed by atoms with van der Waals surface area (Å²) in [6, 6.07) is 19.5. The van der Waals surface area contributed by atoms with Gasteiger partial charge in [-0.15, -0.1) is 0 Å². The highest BCUT2D eigenvalue weighted by Gasteiger charge is 2.37. The number of ketones is 1. The fourth-order valence-corrected chi connectivity index (χ4v) is 5.09. The number of aryl methyl sites for hydroxylation is 1. The Balaban J connectivity index is 1.95. The minimum atomic E-state index is -1.19. The Bertz CT molecular complexity index is 1390. The summed E-state index contributed by atoms with van der Waals surface area (Å²) in [4.78, 5) is 45.9. The van der Waals surface area contributed by atoms with Crippen molar-refractivity contribution in [1.82, 2.24) is 5.32 Å². The average Bonchev–Trinajstić information content (AvgIpc) is 2.96. The summed E-state index contributed by atoms with van der Waals surface area (Å²) < 4.78 is 0. The predicted octanol–water partition coefficient (Wildman–Crippen LogP) is 7.37. The summed E-state index contributed by atoms with van der Waals surface area (Å²) in [6.07, 6.45) is 5.11. The van der Waals surface area contributed by atoms with Gasteiger partial charge in [-0.05, 0) is 55.1 Å². The standard InChI is InChI=1S/C31H33N5O3/c1-3-28(37)25-14-8-10-16-27(25)36(31(39)22-19-17-21(2)18-20-22)29(24-13-7-9-15-26(24)34-35-32)30(38)33-23-11-5-4-6-12-23/h7-10,13-20,23,29H,3-6,11-12H2,1-2H3,(H,33,38). The molecule has 2 amide bonds. The number of para-hydroxylation sites is 1. The van der Waals surface area contributed by atoms with Crippen molar-refractivity contribution in [3.8, 4) is 0 Å². The average molecular weight is 524 g/mol. The highest BCUT2D eigenvalue weighted by molar-refractivity contribution is 6.14. The summed E-state index contributed by atoms with van der Waals surface area (Å²) in [5.74, 6) is -0.977. The van der Waals surface area contributed by atoms with E-state index in [1.54, 1.807) is 67.6 Å². The minimum Gasteiger partial charge on any atom is -0.351 e. The zero-order chi connectivity index (χ0) is 27.8. The fraction of sp³-hybridized carbons (Fsp3) is 0.323. The third-order valence-electron chi connectivity index (χ3n) is 7.14. The van der Waals surface area contributed by atoms with Gasteiger partial charge in [0.05, 0.1) is 5.69 Å². The summed E-state index contributed by atoms with van der Waals surface area (Å²) >= 11 is 0. The van der Waals surface area contributed by atoms with Gasteiger partial charge < -0.3 is 5.32 Å². The van der Waals surface area contributed by atoms with E-state index in [4.69, 9.17) is 0 Å². The van der Waals surface area contributed by atoms with E-state index in [-0.39, 0.29) is 29.8 Å². The van der Waals surface area contributed by atoms with E-state index in [9.17, 15) is 19.9 Å². The first-order chi connectivity index (χ1) is 18.9. The zero-order valence-electron chi connectivity index (χ0n) is 22.3. The summed E-state index contributed by atoms with van der Waals surface area (Å²) in [5, 5.41) is 7.01.